The Labute approximate surface area is 115 Å². The van der Waals surface area contributed by atoms with E-state index >= 15 is 0 Å². The summed E-state index contributed by atoms with van der Waals surface area (Å²) in [6.45, 7) is 2.04. The third-order valence-electron chi connectivity index (χ3n) is 3.42. The van der Waals surface area contributed by atoms with Crippen molar-refractivity contribution in [3.63, 3.8) is 0 Å². The van der Waals surface area contributed by atoms with E-state index in [1.807, 2.05) is 31.0 Å². The molecule has 1 saturated carbocycles. The second-order valence-electron chi connectivity index (χ2n) is 4.69. The summed E-state index contributed by atoms with van der Waals surface area (Å²) in [5.74, 6) is 0.166. The number of hydrogen-bond acceptors (Lipinski definition) is 2. The van der Waals surface area contributed by atoms with Crippen LogP contribution in [0.1, 0.15) is 40.2 Å². The fraction of sp³-hybridized carbons (Fsp3) is 0.615. The van der Waals surface area contributed by atoms with E-state index in [0.717, 1.165) is 11.3 Å². The monoisotopic (exact) mass is 315 g/mol. The van der Waals surface area contributed by atoms with Crippen molar-refractivity contribution in [2.75, 3.05) is 7.05 Å². The number of thiophene rings is 1. The van der Waals surface area contributed by atoms with Crippen LogP contribution in [0.15, 0.2) is 12.1 Å². The Balaban J connectivity index is 2.08. The van der Waals surface area contributed by atoms with Gasteiger partial charge in [-0.3, -0.25) is 4.79 Å². The fourth-order valence-corrected chi connectivity index (χ4v) is 4.17. The SMILES string of the molecule is Cc1ccc(C(=O)N(C)C2CCCCC2Br)s1. The predicted octanol–water partition coefficient (Wildman–Crippen LogP) is 3.83. The predicted molar refractivity (Wildman–Crippen MR) is 76.1 cm³/mol. The summed E-state index contributed by atoms with van der Waals surface area (Å²) < 4.78 is 0. The molecule has 0 spiro atoms. The molecule has 4 heteroatoms. The number of rotatable bonds is 2. The second-order valence-corrected chi connectivity index (χ2v) is 7.16. The van der Waals surface area contributed by atoms with Crippen LogP contribution in [-0.4, -0.2) is 28.7 Å². The average molecular weight is 316 g/mol. The van der Waals surface area contributed by atoms with Crippen LogP contribution in [0, 0.1) is 6.92 Å². The Hall–Kier alpha value is -0.350. The highest BCUT2D eigenvalue weighted by molar-refractivity contribution is 9.09. The summed E-state index contributed by atoms with van der Waals surface area (Å²) in [5, 5.41) is 0. The fourth-order valence-electron chi connectivity index (χ4n) is 2.38. The Kier molecular flexibility index (Phi) is 4.26. The highest BCUT2D eigenvalue weighted by Gasteiger charge is 2.29. The molecule has 0 radical (unpaired) electrons. The summed E-state index contributed by atoms with van der Waals surface area (Å²) in [5.41, 5.74) is 0. The van der Waals surface area contributed by atoms with Crippen molar-refractivity contribution in [2.45, 2.75) is 43.5 Å². The molecule has 0 aliphatic heterocycles. The molecule has 94 valence electrons. The van der Waals surface area contributed by atoms with Crippen molar-refractivity contribution in [3.05, 3.63) is 21.9 Å². The molecular formula is C13H18BrNOS. The number of halogens is 1. The largest absolute Gasteiger partial charge is 0.337 e. The van der Waals surface area contributed by atoms with Gasteiger partial charge in [-0.1, -0.05) is 28.8 Å². The topological polar surface area (TPSA) is 20.3 Å². The van der Waals surface area contributed by atoms with Crippen LogP contribution in [0.3, 0.4) is 0 Å². The van der Waals surface area contributed by atoms with Crippen molar-refractivity contribution >= 4 is 33.2 Å². The van der Waals surface area contributed by atoms with Gasteiger partial charge in [0.2, 0.25) is 0 Å². The minimum absolute atomic E-state index is 0.166. The minimum Gasteiger partial charge on any atom is -0.337 e. The van der Waals surface area contributed by atoms with Gasteiger partial charge in [0.1, 0.15) is 0 Å². The quantitative estimate of drug-likeness (QED) is 0.759. The highest BCUT2D eigenvalue weighted by atomic mass is 79.9. The Bertz CT molecular complexity index is 404. The Morgan fingerprint density at radius 1 is 1.41 bits per heavy atom. The van der Waals surface area contributed by atoms with Crippen LogP contribution in [0.2, 0.25) is 0 Å². The molecule has 2 unspecified atom stereocenters. The van der Waals surface area contributed by atoms with Crippen LogP contribution < -0.4 is 0 Å². The zero-order valence-corrected chi connectivity index (χ0v) is 12.7. The van der Waals surface area contributed by atoms with Crippen molar-refractivity contribution in [2.24, 2.45) is 0 Å². The molecule has 1 aliphatic rings. The molecule has 2 nitrogen and oxygen atoms in total. The number of carbonyl (C=O) groups is 1. The van der Waals surface area contributed by atoms with Gasteiger partial charge in [-0.05, 0) is 31.9 Å². The molecule has 0 N–H and O–H groups in total. The molecule has 1 aliphatic carbocycles. The summed E-state index contributed by atoms with van der Waals surface area (Å²) in [6.07, 6.45) is 4.79. The first kappa shape index (κ1) is 13.1. The van der Waals surface area contributed by atoms with Gasteiger partial charge in [-0.25, -0.2) is 0 Å². The first-order valence-electron chi connectivity index (χ1n) is 6.07. The van der Waals surface area contributed by atoms with Crippen LogP contribution >= 0.6 is 27.3 Å². The van der Waals surface area contributed by atoms with E-state index in [1.165, 1.54) is 24.1 Å². The summed E-state index contributed by atoms with van der Waals surface area (Å²) >= 11 is 5.29. The first-order chi connectivity index (χ1) is 8.09. The van der Waals surface area contributed by atoms with E-state index in [4.69, 9.17) is 0 Å². The van der Waals surface area contributed by atoms with E-state index in [2.05, 4.69) is 15.9 Å². The zero-order valence-electron chi connectivity index (χ0n) is 10.3. The van der Waals surface area contributed by atoms with Crippen LogP contribution in [-0.2, 0) is 0 Å². The maximum atomic E-state index is 12.3. The molecular weight excluding hydrogens is 298 g/mol. The van der Waals surface area contributed by atoms with Gasteiger partial charge in [-0.2, -0.15) is 0 Å². The summed E-state index contributed by atoms with van der Waals surface area (Å²) in [7, 11) is 1.93. The number of alkyl halides is 1. The van der Waals surface area contributed by atoms with E-state index in [1.54, 1.807) is 11.3 Å². The second kappa shape index (κ2) is 5.53. The molecule has 1 aromatic heterocycles. The molecule has 1 aromatic rings. The lowest BCUT2D eigenvalue weighted by Crippen LogP contribution is -2.43. The lowest BCUT2D eigenvalue weighted by Gasteiger charge is -2.35. The number of nitrogens with zero attached hydrogens (tertiary/aromatic N) is 1. The van der Waals surface area contributed by atoms with Crippen molar-refractivity contribution in [1.82, 2.24) is 4.90 Å². The van der Waals surface area contributed by atoms with Gasteiger partial charge in [0.15, 0.2) is 0 Å². The van der Waals surface area contributed by atoms with Gasteiger partial charge in [0.05, 0.1) is 4.88 Å². The number of carbonyl (C=O) groups excluding carboxylic acids is 1. The maximum Gasteiger partial charge on any atom is 0.263 e. The van der Waals surface area contributed by atoms with E-state index in [-0.39, 0.29) is 5.91 Å². The molecule has 0 aromatic carbocycles. The van der Waals surface area contributed by atoms with E-state index < -0.39 is 0 Å². The average Bonchev–Trinajstić information content (AvgIpc) is 2.75. The third-order valence-corrected chi connectivity index (χ3v) is 5.47. The van der Waals surface area contributed by atoms with Gasteiger partial charge in [0.25, 0.3) is 5.91 Å². The third kappa shape index (κ3) is 2.91. The van der Waals surface area contributed by atoms with E-state index in [0.29, 0.717) is 10.9 Å². The lowest BCUT2D eigenvalue weighted by molar-refractivity contribution is 0.0709. The molecule has 1 heterocycles. The van der Waals surface area contributed by atoms with Crippen molar-refractivity contribution in [1.29, 1.82) is 0 Å². The summed E-state index contributed by atoms with van der Waals surface area (Å²) in [4.78, 5) is 16.7. The van der Waals surface area contributed by atoms with Gasteiger partial charge in [-0.15, -0.1) is 11.3 Å². The van der Waals surface area contributed by atoms with Gasteiger partial charge in [0, 0.05) is 22.8 Å². The molecule has 2 rings (SSSR count). The standard InChI is InChI=1S/C13H18BrNOS/c1-9-7-8-12(17-9)13(16)15(2)11-6-4-3-5-10(11)14/h7-8,10-11H,3-6H2,1-2H3. The molecule has 0 saturated heterocycles. The van der Waals surface area contributed by atoms with Gasteiger partial charge < -0.3 is 4.90 Å². The van der Waals surface area contributed by atoms with Crippen molar-refractivity contribution in [3.8, 4) is 0 Å². The lowest BCUT2D eigenvalue weighted by atomic mass is 9.94. The molecule has 1 fully saturated rings. The summed E-state index contributed by atoms with van der Waals surface area (Å²) in [6, 6.07) is 4.29. The zero-order chi connectivity index (χ0) is 12.4. The van der Waals surface area contributed by atoms with Gasteiger partial charge >= 0.3 is 0 Å². The highest BCUT2D eigenvalue weighted by Crippen LogP contribution is 2.29. The normalized spacial score (nSPS) is 24.6. The number of aryl methyl sites for hydroxylation is 1. The smallest absolute Gasteiger partial charge is 0.263 e. The molecule has 17 heavy (non-hydrogen) atoms. The Morgan fingerprint density at radius 3 is 2.71 bits per heavy atom. The minimum atomic E-state index is 0.166. The first-order valence-corrected chi connectivity index (χ1v) is 7.80. The molecule has 2 atom stereocenters. The number of amides is 1. The van der Waals surface area contributed by atoms with Crippen LogP contribution in [0.5, 0.6) is 0 Å². The van der Waals surface area contributed by atoms with Crippen LogP contribution in [0.25, 0.3) is 0 Å². The molecule has 0 bridgehead atoms. The van der Waals surface area contributed by atoms with Crippen molar-refractivity contribution < 1.29 is 4.79 Å². The number of hydrogen-bond donors (Lipinski definition) is 0. The van der Waals surface area contributed by atoms with Crippen LogP contribution in [0.4, 0.5) is 0 Å². The maximum absolute atomic E-state index is 12.3. The molecule has 1 amide bonds. The Morgan fingerprint density at radius 2 is 2.12 bits per heavy atom. The van der Waals surface area contributed by atoms with E-state index in [9.17, 15) is 4.79 Å².